The summed E-state index contributed by atoms with van der Waals surface area (Å²) in [6.45, 7) is 5.27. The zero-order valence-electron chi connectivity index (χ0n) is 12.3. The van der Waals surface area contributed by atoms with Crippen LogP contribution in [-0.2, 0) is 6.54 Å². The molecule has 22 heavy (non-hydrogen) atoms. The van der Waals surface area contributed by atoms with Gasteiger partial charge in [0.2, 0.25) is 11.8 Å². The van der Waals surface area contributed by atoms with E-state index in [9.17, 15) is 4.79 Å². The minimum atomic E-state index is -0.0149. The Morgan fingerprint density at radius 2 is 1.95 bits per heavy atom. The molecule has 1 aromatic heterocycles. The summed E-state index contributed by atoms with van der Waals surface area (Å²) in [5.74, 6) is 1.17. The van der Waals surface area contributed by atoms with E-state index in [2.05, 4.69) is 15.1 Å². The number of piperazine rings is 1. The van der Waals surface area contributed by atoms with Gasteiger partial charge in [-0.2, -0.15) is 0 Å². The molecular formula is C15H17ClN4O2. The highest BCUT2D eigenvalue weighted by molar-refractivity contribution is 6.33. The highest BCUT2D eigenvalue weighted by Gasteiger charge is 2.24. The SMILES string of the molecule is Cc1nnc(CN2CCN(C(=O)c3ccccc3Cl)CC2)o1. The van der Waals surface area contributed by atoms with Gasteiger partial charge in [-0.1, -0.05) is 23.7 Å². The third-order valence-electron chi connectivity index (χ3n) is 3.69. The fraction of sp³-hybridized carbons (Fsp3) is 0.400. The highest BCUT2D eigenvalue weighted by atomic mass is 35.5. The molecule has 0 aliphatic carbocycles. The van der Waals surface area contributed by atoms with Crippen LogP contribution in [0.15, 0.2) is 28.7 Å². The molecule has 1 saturated heterocycles. The maximum atomic E-state index is 12.5. The van der Waals surface area contributed by atoms with Gasteiger partial charge in [-0.3, -0.25) is 9.69 Å². The maximum Gasteiger partial charge on any atom is 0.255 e. The smallest absolute Gasteiger partial charge is 0.255 e. The van der Waals surface area contributed by atoms with Crippen molar-refractivity contribution in [1.29, 1.82) is 0 Å². The molecule has 0 saturated carbocycles. The van der Waals surface area contributed by atoms with Gasteiger partial charge in [0.25, 0.3) is 5.91 Å². The van der Waals surface area contributed by atoms with E-state index in [1.807, 2.05) is 17.0 Å². The Balaban J connectivity index is 1.57. The quantitative estimate of drug-likeness (QED) is 0.865. The number of rotatable bonds is 3. The number of hydrogen-bond donors (Lipinski definition) is 0. The van der Waals surface area contributed by atoms with Crippen LogP contribution in [0, 0.1) is 6.92 Å². The number of hydrogen-bond acceptors (Lipinski definition) is 5. The van der Waals surface area contributed by atoms with E-state index in [0.29, 0.717) is 42.0 Å². The van der Waals surface area contributed by atoms with E-state index < -0.39 is 0 Å². The predicted octanol–water partition coefficient (Wildman–Crippen LogP) is 1.99. The van der Waals surface area contributed by atoms with Crippen molar-refractivity contribution in [2.24, 2.45) is 0 Å². The van der Waals surface area contributed by atoms with Gasteiger partial charge in [-0.25, -0.2) is 0 Å². The third-order valence-corrected chi connectivity index (χ3v) is 4.02. The van der Waals surface area contributed by atoms with Crippen LogP contribution in [0.2, 0.25) is 5.02 Å². The summed E-state index contributed by atoms with van der Waals surface area (Å²) in [6.07, 6.45) is 0. The van der Waals surface area contributed by atoms with Crippen LogP contribution in [0.4, 0.5) is 0 Å². The number of carbonyl (C=O) groups excluding carboxylic acids is 1. The van der Waals surface area contributed by atoms with E-state index in [1.165, 1.54) is 0 Å². The van der Waals surface area contributed by atoms with Crippen molar-refractivity contribution >= 4 is 17.5 Å². The monoisotopic (exact) mass is 320 g/mol. The van der Waals surface area contributed by atoms with Crippen LogP contribution in [0.5, 0.6) is 0 Å². The van der Waals surface area contributed by atoms with Crippen molar-refractivity contribution in [2.75, 3.05) is 26.2 Å². The zero-order chi connectivity index (χ0) is 15.5. The van der Waals surface area contributed by atoms with Crippen LogP contribution in [0.3, 0.4) is 0 Å². The Labute approximate surface area is 133 Å². The molecule has 0 spiro atoms. The fourth-order valence-corrected chi connectivity index (χ4v) is 2.72. The molecule has 0 N–H and O–H groups in total. The first kappa shape index (κ1) is 15.0. The predicted molar refractivity (Wildman–Crippen MR) is 81.7 cm³/mol. The average molecular weight is 321 g/mol. The second-order valence-corrected chi connectivity index (χ2v) is 5.67. The molecular weight excluding hydrogens is 304 g/mol. The molecule has 0 atom stereocenters. The summed E-state index contributed by atoms with van der Waals surface area (Å²) in [7, 11) is 0. The number of carbonyl (C=O) groups is 1. The summed E-state index contributed by atoms with van der Waals surface area (Å²) in [4.78, 5) is 16.5. The number of nitrogens with zero attached hydrogens (tertiary/aromatic N) is 4. The average Bonchev–Trinajstić information content (AvgIpc) is 2.93. The lowest BCUT2D eigenvalue weighted by atomic mass is 10.2. The number of benzene rings is 1. The van der Waals surface area contributed by atoms with E-state index in [0.717, 1.165) is 13.1 Å². The molecule has 1 aliphatic rings. The van der Waals surface area contributed by atoms with Gasteiger partial charge in [-0.15, -0.1) is 10.2 Å². The Hall–Kier alpha value is -1.92. The molecule has 1 fully saturated rings. The van der Waals surface area contributed by atoms with Gasteiger partial charge in [0.15, 0.2) is 0 Å². The molecule has 0 bridgehead atoms. The summed E-state index contributed by atoms with van der Waals surface area (Å²) >= 11 is 6.09. The van der Waals surface area contributed by atoms with Crippen molar-refractivity contribution in [3.8, 4) is 0 Å². The van der Waals surface area contributed by atoms with Crippen LogP contribution < -0.4 is 0 Å². The first-order valence-corrected chi connectivity index (χ1v) is 7.56. The molecule has 1 aliphatic heterocycles. The number of amides is 1. The molecule has 0 radical (unpaired) electrons. The second kappa shape index (κ2) is 6.46. The van der Waals surface area contributed by atoms with Gasteiger partial charge in [0.1, 0.15) is 0 Å². The topological polar surface area (TPSA) is 62.5 Å². The van der Waals surface area contributed by atoms with E-state index in [1.54, 1.807) is 19.1 Å². The van der Waals surface area contributed by atoms with Crippen molar-refractivity contribution in [2.45, 2.75) is 13.5 Å². The Morgan fingerprint density at radius 1 is 1.23 bits per heavy atom. The normalized spacial score (nSPS) is 16.0. The van der Waals surface area contributed by atoms with Crippen LogP contribution >= 0.6 is 11.6 Å². The standard InChI is InChI=1S/C15H17ClN4O2/c1-11-17-18-14(22-11)10-19-6-8-20(9-7-19)15(21)12-4-2-3-5-13(12)16/h2-5H,6-10H2,1H3. The first-order chi connectivity index (χ1) is 10.6. The summed E-state index contributed by atoms with van der Waals surface area (Å²) < 4.78 is 5.38. The van der Waals surface area contributed by atoms with E-state index in [4.69, 9.17) is 16.0 Å². The molecule has 0 unspecified atom stereocenters. The van der Waals surface area contributed by atoms with Gasteiger partial charge in [0, 0.05) is 33.1 Å². The van der Waals surface area contributed by atoms with E-state index >= 15 is 0 Å². The van der Waals surface area contributed by atoms with Crippen molar-refractivity contribution in [1.82, 2.24) is 20.0 Å². The van der Waals surface area contributed by atoms with Gasteiger partial charge < -0.3 is 9.32 Å². The van der Waals surface area contributed by atoms with Crippen LogP contribution in [0.25, 0.3) is 0 Å². The number of aryl methyl sites for hydroxylation is 1. The summed E-state index contributed by atoms with van der Waals surface area (Å²) in [6, 6.07) is 7.15. The lowest BCUT2D eigenvalue weighted by Gasteiger charge is -2.34. The summed E-state index contributed by atoms with van der Waals surface area (Å²) in [5.41, 5.74) is 0.560. The maximum absolute atomic E-state index is 12.5. The van der Waals surface area contributed by atoms with E-state index in [-0.39, 0.29) is 5.91 Å². The fourth-order valence-electron chi connectivity index (χ4n) is 2.51. The minimum absolute atomic E-state index is 0.0149. The van der Waals surface area contributed by atoms with Crippen LogP contribution in [-0.4, -0.2) is 52.1 Å². The lowest BCUT2D eigenvalue weighted by Crippen LogP contribution is -2.48. The van der Waals surface area contributed by atoms with Gasteiger partial charge in [0.05, 0.1) is 17.1 Å². The van der Waals surface area contributed by atoms with Crippen molar-refractivity contribution < 1.29 is 9.21 Å². The second-order valence-electron chi connectivity index (χ2n) is 5.26. The largest absolute Gasteiger partial charge is 0.424 e. The number of halogens is 1. The molecule has 1 amide bonds. The molecule has 6 nitrogen and oxygen atoms in total. The zero-order valence-corrected chi connectivity index (χ0v) is 13.1. The molecule has 1 aromatic carbocycles. The van der Waals surface area contributed by atoms with Gasteiger partial charge in [-0.05, 0) is 12.1 Å². The molecule has 2 aromatic rings. The highest BCUT2D eigenvalue weighted by Crippen LogP contribution is 2.18. The third kappa shape index (κ3) is 3.28. The Morgan fingerprint density at radius 3 is 2.59 bits per heavy atom. The Bertz CT molecular complexity index is 665. The lowest BCUT2D eigenvalue weighted by molar-refractivity contribution is 0.0618. The van der Waals surface area contributed by atoms with Crippen molar-refractivity contribution in [3.05, 3.63) is 46.6 Å². The van der Waals surface area contributed by atoms with Crippen molar-refractivity contribution in [3.63, 3.8) is 0 Å². The van der Waals surface area contributed by atoms with Crippen LogP contribution in [0.1, 0.15) is 22.1 Å². The Kier molecular flexibility index (Phi) is 4.40. The number of aromatic nitrogens is 2. The summed E-state index contributed by atoms with van der Waals surface area (Å²) in [5, 5.41) is 8.32. The molecule has 7 heteroatoms. The molecule has 3 rings (SSSR count). The minimum Gasteiger partial charge on any atom is -0.424 e. The molecule has 2 heterocycles. The molecule has 116 valence electrons. The first-order valence-electron chi connectivity index (χ1n) is 7.18. The van der Waals surface area contributed by atoms with Gasteiger partial charge >= 0.3 is 0 Å².